The van der Waals surface area contributed by atoms with Crippen LogP contribution in [0.1, 0.15) is 30.2 Å². The highest BCUT2D eigenvalue weighted by molar-refractivity contribution is 7.99. The van der Waals surface area contributed by atoms with Crippen LogP contribution in [-0.2, 0) is 0 Å². The molecule has 118 valence electrons. The van der Waals surface area contributed by atoms with Crippen LogP contribution in [0.3, 0.4) is 0 Å². The quantitative estimate of drug-likeness (QED) is 0.842. The number of halogens is 1. The molecule has 1 saturated heterocycles. The Hall–Kier alpha value is -1.30. The molecule has 0 radical (unpaired) electrons. The van der Waals surface area contributed by atoms with Crippen molar-refractivity contribution in [2.24, 2.45) is 0 Å². The molecule has 3 rings (SSSR count). The van der Waals surface area contributed by atoms with E-state index in [0.717, 1.165) is 37.6 Å². The molecule has 2 aromatic rings. The van der Waals surface area contributed by atoms with Crippen molar-refractivity contribution in [3.05, 3.63) is 47.9 Å². The van der Waals surface area contributed by atoms with Gasteiger partial charge < -0.3 is 9.73 Å². The summed E-state index contributed by atoms with van der Waals surface area (Å²) in [6.45, 7) is 2.07. The van der Waals surface area contributed by atoms with E-state index in [0.29, 0.717) is 11.1 Å². The topological polar surface area (TPSA) is 51.0 Å². The molecule has 1 aliphatic rings. The summed E-state index contributed by atoms with van der Waals surface area (Å²) in [7, 11) is 0. The van der Waals surface area contributed by atoms with E-state index in [9.17, 15) is 0 Å². The molecule has 0 unspecified atom stereocenters. The molecule has 0 amide bonds. The van der Waals surface area contributed by atoms with Gasteiger partial charge in [0, 0.05) is 11.7 Å². The van der Waals surface area contributed by atoms with Gasteiger partial charge in [0.15, 0.2) is 0 Å². The molecule has 6 heteroatoms. The third kappa shape index (κ3) is 4.87. The van der Waals surface area contributed by atoms with E-state index in [2.05, 4.69) is 39.8 Å². The average molecular weight is 338 g/mol. The van der Waals surface area contributed by atoms with Crippen LogP contribution in [0, 0.1) is 0 Å². The molecular formula is C16H20ClN3OS. The molecule has 0 aliphatic carbocycles. The number of piperidine rings is 1. The summed E-state index contributed by atoms with van der Waals surface area (Å²) in [6, 6.07) is 10.3. The van der Waals surface area contributed by atoms with E-state index in [-0.39, 0.29) is 12.4 Å². The minimum absolute atomic E-state index is 0. The van der Waals surface area contributed by atoms with Crippen LogP contribution in [-0.4, -0.2) is 29.0 Å². The summed E-state index contributed by atoms with van der Waals surface area (Å²) in [5.74, 6) is 2.06. The monoisotopic (exact) mass is 337 g/mol. The summed E-state index contributed by atoms with van der Waals surface area (Å²) in [5, 5.41) is 12.3. The zero-order valence-corrected chi connectivity index (χ0v) is 13.9. The number of nitrogens with zero attached hydrogens (tertiary/aromatic N) is 2. The van der Waals surface area contributed by atoms with Crippen molar-refractivity contribution >= 4 is 30.2 Å². The fourth-order valence-corrected chi connectivity index (χ4v) is 2.96. The first kappa shape index (κ1) is 17.1. The maximum absolute atomic E-state index is 5.75. The zero-order valence-electron chi connectivity index (χ0n) is 12.3. The minimum atomic E-state index is 0. The average Bonchev–Trinajstić information content (AvgIpc) is 3.02. The van der Waals surface area contributed by atoms with Gasteiger partial charge in [-0.05, 0) is 31.5 Å². The Labute approximate surface area is 141 Å². The molecule has 1 N–H and O–H groups in total. The predicted octanol–water partition coefficient (Wildman–Crippen LogP) is 3.76. The van der Waals surface area contributed by atoms with Gasteiger partial charge in [0.05, 0.1) is 0 Å². The van der Waals surface area contributed by atoms with E-state index in [1.807, 2.05) is 18.2 Å². The highest BCUT2D eigenvalue weighted by atomic mass is 35.5. The Morgan fingerprint density at radius 3 is 2.73 bits per heavy atom. The zero-order chi connectivity index (χ0) is 14.3. The van der Waals surface area contributed by atoms with Crippen molar-refractivity contribution in [1.29, 1.82) is 0 Å². The number of benzene rings is 1. The van der Waals surface area contributed by atoms with Gasteiger partial charge in [-0.2, -0.15) is 0 Å². The van der Waals surface area contributed by atoms with E-state index in [4.69, 9.17) is 4.42 Å². The summed E-state index contributed by atoms with van der Waals surface area (Å²) >= 11 is 1.58. The Kier molecular flexibility index (Phi) is 6.96. The van der Waals surface area contributed by atoms with Crippen LogP contribution in [0.5, 0.6) is 0 Å². The first-order valence-electron chi connectivity index (χ1n) is 7.30. The van der Waals surface area contributed by atoms with Crippen molar-refractivity contribution in [2.75, 3.05) is 18.8 Å². The van der Waals surface area contributed by atoms with E-state index < -0.39 is 0 Å². The second-order valence-electron chi connectivity index (χ2n) is 5.05. The van der Waals surface area contributed by atoms with Crippen molar-refractivity contribution in [1.82, 2.24) is 15.5 Å². The molecule has 1 aromatic heterocycles. The Morgan fingerprint density at radius 2 is 1.95 bits per heavy atom. The van der Waals surface area contributed by atoms with Crippen LogP contribution in [0.2, 0.25) is 0 Å². The normalized spacial score (nSPS) is 15.8. The number of rotatable bonds is 5. The van der Waals surface area contributed by atoms with Gasteiger partial charge in [-0.1, -0.05) is 54.2 Å². The molecule has 0 spiro atoms. The second kappa shape index (κ2) is 8.98. The highest BCUT2D eigenvalue weighted by Gasteiger charge is 2.20. The number of aromatic nitrogens is 2. The molecule has 0 atom stereocenters. The molecule has 0 saturated carbocycles. The van der Waals surface area contributed by atoms with Gasteiger partial charge in [-0.3, -0.25) is 0 Å². The Bertz CT molecular complexity index is 582. The van der Waals surface area contributed by atoms with Crippen molar-refractivity contribution in [2.45, 2.75) is 24.0 Å². The van der Waals surface area contributed by atoms with Crippen LogP contribution < -0.4 is 5.32 Å². The number of hydrogen-bond acceptors (Lipinski definition) is 5. The molecule has 1 aliphatic heterocycles. The van der Waals surface area contributed by atoms with Crippen LogP contribution in [0.25, 0.3) is 6.08 Å². The minimum Gasteiger partial charge on any atom is -0.416 e. The molecular weight excluding hydrogens is 318 g/mol. The summed E-state index contributed by atoms with van der Waals surface area (Å²) in [4.78, 5) is 0. The lowest BCUT2D eigenvalue weighted by Crippen LogP contribution is -2.26. The predicted molar refractivity (Wildman–Crippen MR) is 92.6 cm³/mol. The smallest absolute Gasteiger partial charge is 0.276 e. The van der Waals surface area contributed by atoms with Crippen LogP contribution >= 0.6 is 24.2 Å². The lowest BCUT2D eigenvalue weighted by atomic mass is 9.98. The third-order valence-corrected chi connectivity index (χ3v) is 4.29. The fraction of sp³-hybridized carbons (Fsp3) is 0.375. The van der Waals surface area contributed by atoms with Gasteiger partial charge in [-0.15, -0.1) is 22.6 Å². The molecule has 0 bridgehead atoms. The molecule has 1 fully saturated rings. The number of hydrogen-bond donors (Lipinski definition) is 1. The van der Waals surface area contributed by atoms with Gasteiger partial charge in [0.25, 0.3) is 5.22 Å². The molecule has 22 heavy (non-hydrogen) atoms. The highest BCUT2D eigenvalue weighted by Crippen LogP contribution is 2.26. The summed E-state index contributed by atoms with van der Waals surface area (Å²) in [6.07, 6.45) is 6.39. The molecule has 1 aromatic carbocycles. The van der Waals surface area contributed by atoms with Crippen LogP contribution in [0.15, 0.2) is 46.0 Å². The first-order valence-corrected chi connectivity index (χ1v) is 8.29. The van der Waals surface area contributed by atoms with Gasteiger partial charge in [0.2, 0.25) is 5.89 Å². The van der Waals surface area contributed by atoms with Gasteiger partial charge in [0.1, 0.15) is 0 Å². The van der Waals surface area contributed by atoms with Crippen molar-refractivity contribution in [3.63, 3.8) is 0 Å². The Morgan fingerprint density at radius 1 is 1.18 bits per heavy atom. The molecule has 2 heterocycles. The first-order chi connectivity index (χ1) is 10.4. The SMILES string of the molecule is C(=Cc1ccccc1)CSc1nnc(C2CCNCC2)o1.Cl. The lowest BCUT2D eigenvalue weighted by molar-refractivity contribution is 0.342. The maximum Gasteiger partial charge on any atom is 0.276 e. The standard InChI is InChI=1S/C16H19N3OS.ClH/c1-2-5-13(6-3-1)7-4-12-21-16-19-18-15(20-16)14-8-10-17-11-9-14;/h1-7,14,17H,8-12H2;1H. The fourth-order valence-electron chi connectivity index (χ4n) is 2.38. The Balaban J connectivity index is 0.00000176. The lowest BCUT2D eigenvalue weighted by Gasteiger charge is -2.18. The van der Waals surface area contributed by atoms with Crippen LogP contribution in [0.4, 0.5) is 0 Å². The van der Waals surface area contributed by atoms with Crippen molar-refractivity contribution in [3.8, 4) is 0 Å². The maximum atomic E-state index is 5.75. The van der Waals surface area contributed by atoms with E-state index in [1.165, 1.54) is 5.56 Å². The number of nitrogens with one attached hydrogen (secondary N) is 1. The largest absolute Gasteiger partial charge is 0.416 e. The van der Waals surface area contributed by atoms with E-state index in [1.54, 1.807) is 11.8 Å². The van der Waals surface area contributed by atoms with E-state index >= 15 is 0 Å². The van der Waals surface area contributed by atoms with Gasteiger partial charge >= 0.3 is 0 Å². The van der Waals surface area contributed by atoms with Crippen molar-refractivity contribution < 1.29 is 4.42 Å². The molecule has 4 nitrogen and oxygen atoms in total. The van der Waals surface area contributed by atoms with Gasteiger partial charge in [-0.25, -0.2) is 0 Å². The third-order valence-electron chi connectivity index (χ3n) is 3.52. The summed E-state index contributed by atoms with van der Waals surface area (Å²) in [5.41, 5.74) is 1.21. The number of thioether (sulfide) groups is 1. The second-order valence-corrected chi connectivity index (χ2v) is 6.03. The summed E-state index contributed by atoms with van der Waals surface area (Å²) < 4.78 is 5.75.